The van der Waals surface area contributed by atoms with Gasteiger partial charge in [-0.05, 0) is 37.9 Å². The second-order valence-corrected chi connectivity index (χ2v) is 5.64. The standard InChI is InChI=1S/C14H18N4/c1-9(10-6-16-7-10)14-17-12-8-15-5-4-13(12)18(14)11-2-3-11/h4-5,8-11,16H,2-3,6-7H2,1H3. The Morgan fingerprint density at radius 3 is 2.89 bits per heavy atom. The number of aromatic nitrogens is 3. The highest BCUT2D eigenvalue weighted by Crippen LogP contribution is 2.41. The molecule has 0 bridgehead atoms. The third kappa shape index (κ3) is 1.48. The molecule has 0 amide bonds. The van der Waals surface area contributed by atoms with Crippen molar-refractivity contribution in [1.29, 1.82) is 0 Å². The smallest absolute Gasteiger partial charge is 0.113 e. The van der Waals surface area contributed by atoms with Crippen molar-refractivity contribution in [3.8, 4) is 0 Å². The van der Waals surface area contributed by atoms with Crippen molar-refractivity contribution in [1.82, 2.24) is 19.9 Å². The molecule has 4 heteroatoms. The van der Waals surface area contributed by atoms with E-state index >= 15 is 0 Å². The van der Waals surface area contributed by atoms with Crippen LogP contribution in [0.1, 0.15) is 37.5 Å². The Hall–Kier alpha value is -1.42. The summed E-state index contributed by atoms with van der Waals surface area (Å²) in [7, 11) is 0. The van der Waals surface area contributed by atoms with Gasteiger partial charge in [0, 0.05) is 18.2 Å². The summed E-state index contributed by atoms with van der Waals surface area (Å²) in [5.41, 5.74) is 2.32. The summed E-state index contributed by atoms with van der Waals surface area (Å²) >= 11 is 0. The minimum atomic E-state index is 0.541. The molecule has 0 radical (unpaired) electrons. The van der Waals surface area contributed by atoms with Gasteiger partial charge in [-0.3, -0.25) is 4.98 Å². The molecule has 18 heavy (non-hydrogen) atoms. The van der Waals surface area contributed by atoms with Crippen LogP contribution in [0.4, 0.5) is 0 Å². The predicted molar refractivity (Wildman–Crippen MR) is 70.6 cm³/mol. The Bertz CT molecular complexity index is 580. The molecule has 1 atom stereocenters. The van der Waals surface area contributed by atoms with Crippen LogP contribution in [-0.4, -0.2) is 27.6 Å². The molecular weight excluding hydrogens is 224 g/mol. The van der Waals surface area contributed by atoms with Crippen LogP contribution in [-0.2, 0) is 0 Å². The Kier molecular flexibility index (Phi) is 2.21. The molecule has 4 nitrogen and oxygen atoms in total. The summed E-state index contributed by atoms with van der Waals surface area (Å²) in [6.45, 7) is 4.58. The summed E-state index contributed by atoms with van der Waals surface area (Å²) in [6, 6.07) is 2.79. The van der Waals surface area contributed by atoms with E-state index in [4.69, 9.17) is 4.98 Å². The molecule has 1 N–H and O–H groups in total. The third-order valence-corrected chi connectivity index (χ3v) is 4.36. The van der Waals surface area contributed by atoms with Gasteiger partial charge in [-0.1, -0.05) is 6.92 Å². The average molecular weight is 242 g/mol. The lowest BCUT2D eigenvalue weighted by molar-refractivity contribution is 0.291. The predicted octanol–water partition coefficient (Wildman–Crippen LogP) is 2.09. The number of nitrogens with zero attached hydrogens (tertiary/aromatic N) is 3. The molecule has 1 aliphatic carbocycles. The molecule has 1 saturated heterocycles. The fraction of sp³-hybridized carbons (Fsp3) is 0.571. The third-order valence-electron chi connectivity index (χ3n) is 4.36. The minimum Gasteiger partial charge on any atom is -0.325 e. The molecule has 0 aromatic carbocycles. The van der Waals surface area contributed by atoms with Crippen molar-refractivity contribution in [3.05, 3.63) is 24.3 Å². The molecule has 2 aromatic heterocycles. The van der Waals surface area contributed by atoms with Crippen molar-refractivity contribution in [2.75, 3.05) is 13.1 Å². The van der Waals surface area contributed by atoms with E-state index in [2.05, 4.69) is 27.9 Å². The van der Waals surface area contributed by atoms with Crippen LogP contribution in [0, 0.1) is 5.92 Å². The average Bonchev–Trinajstić information content (AvgIpc) is 3.07. The van der Waals surface area contributed by atoms with Gasteiger partial charge in [0.15, 0.2) is 0 Å². The lowest BCUT2D eigenvalue weighted by Crippen LogP contribution is -2.45. The van der Waals surface area contributed by atoms with Gasteiger partial charge >= 0.3 is 0 Å². The van der Waals surface area contributed by atoms with Crippen LogP contribution in [0.3, 0.4) is 0 Å². The zero-order valence-electron chi connectivity index (χ0n) is 10.6. The van der Waals surface area contributed by atoms with Crippen molar-refractivity contribution < 1.29 is 0 Å². The fourth-order valence-corrected chi connectivity index (χ4v) is 2.88. The lowest BCUT2D eigenvalue weighted by atomic mass is 9.88. The Morgan fingerprint density at radius 1 is 1.39 bits per heavy atom. The Morgan fingerprint density at radius 2 is 2.22 bits per heavy atom. The quantitative estimate of drug-likeness (QED) is 0.896. The first-order valence-electron chi connectivity index (χ1n) is 6.87. The van der Waals surface area contributed by atoms with Gasteiger partial charge in [0.25, 0.3) is 0 Å². The second-order valence-electron chi connectivity index (χ2n) is 5.64. The fourth-order valence-electron chi connectivity index (χ4n) is 2.88. The molecule has 2 fully saturated rings. The summed E-state index contributed by atoms with van der Waals surface area (Å²) in [5.74, 6) is 2.55. The van der Waals surface area contributed by atoms with Crippen LogP contribution in [0.5, 0.6) is 0 Å². The first-order chi connectivity index (χ1) is 8.84. The zero-order chi connectivity index (χ0) is 12.1. The first-order valence-corrected chi connectivity index (χ1v) is 6.87. The highest BCUT2D eigenvalue weighted by atomic mass is 15.1. The topological polar surface area (TPSA) is 42.7 Å². The van der Waals surface area contributed by atoms with Crippen LogP contribution in [0.15, 0.2) is 18.5 Å². The molecule has 1 aliphatic heterocycles. The molecule has 3 heterocycles. The van der Waals surface area contributed by atoms with Gasteiger partial charge in [0.05, 0.1) is 11.7 Å². The van der Waals surface area contributed by atoms with E-state index < -0.39 is 0 Å². The summed E-state index contributed by atoms with van der Waals surface area (Å²) in [5, 5.41) is 3.36. The maximum Gasteiger partial charge on any atom is 0.113 e. The number of rotatable bonds is 3. The molecule has 0 spiro atoms. The first kappa shape index (κ1) is 10.5. The molecule has 94 valence electrons. The van der Waals surface area contributed by atoms with Gasteiger partial charge < -0.3 is 9.88 Å². The number of pyridine rings is 1. The summed E-state index contributed by atoms with van der Waals surface area (Å²) in [6.07, 6.45) is 6.37. The maximum absolute atomic E-state index is 4.85. The van der Waals surface area contributed by atoms with Crippen molar-refractivity contribution >= 4 is 11.0 Å². The second kappa shape index (κ2) is 3.79. The van der Waals surface area contributed by atoms with Crippen LogP contribution >= 0.6 is 0 Å². The Labute approximate surface area is 106 Å². The maximum atomic E-state index is 4.85. The summed E-state index contributed by atoms with van der Waals surface area (Å²) in [4.78, 5) is 9.05. The van der Waals surface area contributed by atoms with Crippen molar-refractivity contribution in [2.45, 2.75) is 31.7 Å². The monoisotopic (exact) mass is 242 g/mol. The highest BCUT2D eigenvalue weighted by molar-refractivity contribution is 5.75. The van der Waals surface area contributed by atoms with Crippen LogP contribution in [0.2, 0.25) is 0 Å². The molecule has 1 saturated carbocycles. The highest BCUT2D eigenvalue weighted by Gasteiger charge is 2.33. The molecular formula is C14H18N4. The minimum absolute atomic E-state index is 0.541. The summed E-state index contributed by atoms with van der Waals surface area (Å²) < 4.78 is 2.47. The lowest BCUT2D eigenvalue weighted by Gasteiger charge is -2.32. The largest absolute Gasteiger partial charge is 0.325 e. The Balaban J connectivity index is 1.84. The number of nitrogens with one attached hydrogen (secondary N) is 1. The van der Waals surface area contributed by atoms with E-state index in [0.29, 0.717) is 12.0 Å². The molecule has 4 rings (SSSR count). The van der Waals surface area contributed by atoms with E-state index in [9.17, 15) is 0 Å². The number of imidazole rings is 1. The molecule has 2 aliphatic rings. The zero-order valence-corrected chi connectivity index (χ0v) is 10.6. The van der Waals surface area contributed by atoms with Gasteiger partial charge in [0.1, 0.15) is 11.3 Å². The van der Waals surface area contributed by atoms with E-state index in [1.807, 2.05) is 12.4 Å². The van der Waals surface area contributed by atoms with Gasteiger partial charge in [-0.15, -0.1) is 0 Å². The van der Waals surface area contributed by atoms with Crippen LogP contribution in [0.25, 0.3) is 11.0 Å². The molecule has 1 unspecified atom stereocenters. The van der Waals surface area contributed by atoms with Gasteiger partial charge in [-0.25, -0.2) is 4.98 Å². The van der Waals surface area contributed by atoms with E-state index in [-0.39, 0.29) is 0 Å². The number of fused-ring (bicyclic) bond motifs is 1. The molecule has 2 aromatic rings. The normalized spacial score (nSPS) is 22.1. The van der Waals surface area contributed by atoms with E-state index in [0.717, 1.165) is 24.5 Å². The van der Waals surface area contributed by atoms with E-state index in [1.165, 1.54) is 24.2 Å². The van der Waals surface area contributed by atoms with E-state index in [1.54, 1.807) is 0 Å². The van der Waals surface area contributed by atoms with Crippen molar-refractivity contribution in [3.63, 3.8) is 0 Å². The van der Waals surface area contributed by atoms with Crippen molar-refractivity contribution in [2.24, 2.45) is 5.92 Å². The van der Waals surface area contributed by atoms with Gasteiger partial charge in [-0.2, -0.15) is 0 Å². The van der Waals surface area contributed by atoms with Gasteiger partial charge in [0.2, 0.25) is 0 Å². The SMILES string of the molecule is CC(c1nc2cnccc2n1C1CC1)C1CNC1. The van der Waals surface area contributed by atoms with Crippen LogP contribution < -0.4 is 5.32 Å². The number of hydrogen-bond donors (Lipinski definition) is 1. The number of hydrogen-bond acceptors (Lipinski definition) is 3.